The second-order valence-corrected chi connectivity index (χ2v) is 5.75. The van der Waals surface area contributed by atoms with Gasteiger partial charge in [0.25, 0.3) is 11.8 Å². The average molecular weight is 338 g/mol. The Morgan fingerprint density at radius 1 is 1.04 bits per heavy atom. The van der Waals surface area contributed by atoms with Crippen molar-refractivity contribution in [2.45, 2.75) is 13.8 Å². The van der Waals surface area contributed by atoms with Crippen LogP contribution in [0.5, 0.6) is 5.75 Å². The summed E-state index contributed by atoms with van der Waals surface area (Å²) < 4.78 is 5.34. The minimum Gasteiger partial charge on any atom is -0.494 e. The molecule has 6 nitrogen and oxygen atoms in total. The fourth-order valence-corrected chi connectivity index (χ4v) is 2.69. The van der Waals surface area contributed by atoms with Gasteiger partial charge in [0, 0.05) is 5.69 Å². The number of benzene rings is 2. The Morgan fingerprint density at radius 3 is 2.40 bits per heavy atom. The lowest BCUT2D eigenvalue weighted by Gasteiger charge is -2.13. The van der Waals surface area contributed by atoms with E-state index in [1.807, 2.05) is 13.8 Å². The van der Waals surface area contributed by atoms with E-state index in [2.05, 4.69) is 5.32 Å². The number of fused-ring (bicyclic) bond motifs is 1. The number of hydrogen-bond donors (Lipinski definition) is 1. The highest BCUT2D eigenvalue weighted by molar-refractivity contribution is 6.22. The maximum absolute atomic E-state index is 12.4. The topological polar surface area (TPSA) is 75.7 Å². The van der Waals surface area contributed by atoms with E-state index in [0.717, 1.165) is 10.5 Å². The highest BCUT2D eigenvalue weighted by atomic mass is 16.5. The molecule has 0 unspecified atom stereocenters. The van der Waals surface area contributed by atoms with E-state index in [9.17, 15) is 14.4 Å². The minimum atomic E-state index is -0.443. The normalized spacial score (nSPS) is 13.0. The molecule has 1 aliphatic rings. The fourth-order valence-electron chi connectivity index (χ4n) is 2.69. The Kier molecular flexibility index (Phi) is 4.52. The van der Waals surface area contributed by atoms with Gasteiger partial charge in [-0.1, -0.05) is 11.6 Å². The molecule has 3 rings (SSSR count). The maximum atomic E-state index is 12.4. The summed E-state index contributed by atoms with van der Waals surface area (Å²) in [5.74, 6) is -0.612. The van der Waals surface area contributed by atoms with Gasteiger partial charge in [-0.3, -0.25) is 19.3 Å². The van der Waals surface area contributed by atoms with Crippen LogP contribution in [0.25, 0.3) is 0 Å². The van der Waals surface area contributed by atoms with Gasteiger partial charge < -0.3 is 10.1 Å². The van der Waals surface area contributed by atoms with Crippen molar-refractivity contribution in [3.05, 3.63) is 59.2 Å². The number of carbonyl (C=O) groups is 3. The van der Waals surface area contributed by atoms with E-state index in [1.54, 1.807) is 42.5 Å². The largest absolute Gasteiger partial charge is 0.494 e. The molecule has 0 bridgehead atoms. The van der Waals surface area contributed by atoms with Crippen LogP contribution >= 0.6 is 0 Å². The Hall–Kier alpha value is -3.15. The Balaban J connectivity index is 1.67. The number of amides is 3. The molecule has 0 spiro atoms. The molecule has 2 aromatic carbocycles. The molecule has 2 aromatic rings. The molecule has 1 heterocycles. The SMILES string of the molecule is CCOc1ccc(NC(=O)CN2C(=O)c3ccc(C)cc3C2=O)cc1. The van der Waals surface area contributed by atoms with Gasteiger partial charge in [-0.25, -0.2) is 0 Å². The Bertz CT molecular complexity index is 843. The van der Waals surface area contributed by atoms with E-state index >= 15 is 0 Å². The first-order chi connectivity index (χ1) is 12.0. The summed E-state index contributed by atoms with van der Waals surface area (Å²) in [6, 6.07) is 11.9. The molecule has 128 valence electrons. The molecule has 0 aliphatic carbocycles. The standard InChI is InChI=1S/C19H18N2O4/c1-3-25-14-7-5-13(6-8-14)20-17(22)11-21-18(23)15-9-4-12(2)10-16(15)19(21)24/h4-10H,3,11H2,1-2H3,(H,20,22). The maximum Gasteiger partial charge on any atom is 0.262 e. The van der Waals surface area contributed by atoms with Crippen molar-refractivity contribution in [2.75, 3.05) is 18.5 Å². The summed E-state index contributed by atoms with van der Waals surface area (Å²) in [4.78, 5) is 37.9. The van der Waals surface area contributed by atoms with Crippen LogP contribution in [0.4, 0.5) is 5.69 Å². The first kappa shape index (κ1) is 16.7. The van der Waals surface area contributed by atoms with E-state index in [-0.39, 0.29) is 6.54 Å². The summed E-state index contributed by atoms with van der Waals surface area (Å²) in [6.45, 7) is 3.97. The van der Waals surface area contributed by atoms with Gasteiger partial charge in [0.2, 0.25) is 5.91 Å². The summed E-state index contributed by atoms with van der Waals surface area (Å²) >= 11 is 0. The number of rotatable bonds is 5. The molecule has 3 amide bonds. The molecule has 6 heteroatoms. The van der Waals surface area contributed by atoms with Crippen molar-refractivity contribution >= 4 is 23.4 Å². The van der Waals surface area contributed by atoms with Crippen LogP contribution in [0.15, 0.2) is 42.5 Å². The summed E-state index contributed by atoms with van der Waals surface area (Å²) in [7, 11) is 0. The molecule has 1 aliphatic heterocycles. The number of anilines is 1. The summed E-state index contributed by atoms with van der Waals surface area (Å²) in [6.07, 6.45) is 0. The van der Waals surface area contributed by atoms with E-state index < -0.39 is 17.7 Å². The number of imide groups is 1. The van der Waals surface area contributed by atoms with Gasteiger partial charge in [-0.15, -0.1) is 0 Å². The molecule has 0 aromatic heterocycles. The zero-order valence-electron chi connectivity index (χ0n) is 14.0. The highest BCUT2D eigenvalue weighted by Gasteiger charge is 2.36. The first-order valence-electron chi connectivity index (χ1n) is 7.99. The zero-order chi connectivity index (χ0) is 18.0. The quantitative estimate of drug-likeness (QED) is 0.851. The monoisotopic (exact) mass is 338 g/mol. The zero-order valence-corrected chi connectivity index (χ0v) is 14.0. The molecule has 0 radical (unpaired) electrons. The summed E-state index contributed by atoms with van der Waals surface area (Å²) in [5.41, 5.74) is 2.14. The molecule has 0 saturated carbocycles. The number of nitrogens with one attached hydrogen (secondary N) is 1. The van der Waals surface area contributed by atoms with E-state index in [4.69, 9.17) is 4.74 Å². The van der Waals surface area contributed by atoms with Gasteiger partial charge in [0.15, 0.2) is 0 Å². The van der Waals surface area contributed by atoms with Crippen LogP contribution in [0.1, 0.15) is 33.2 Å². The van der Waals surface area contributed by atoms with Crippen molar-refractivity contribution in [3.63, 3.8) is 0 Å². The third kappa shape index (κ3) is 3.38. The smallest absolute Gasteiger partial charge is 0.262 e. The van der Waals surface area contributed by atoms with Crippen molar-refractivity contribution in [1.82, 2.24) is 4.90 Å². The van der Waals surface area contributed by atoms with Gasteiger partial charge in [-0.05, 0) is 50.2 Å². The van der Waals surface area contributed by atoms with Gasteiger partial charge in [0.05, 0.1) is 17.7 Å². The van der Waals surface area contributed by atoms with Crippen LogP contribution < -0.4 is 10.1 Å². The Labute approximate surface area is 145 Å². The second-order valence-electron chi connectivity index (χ2n) is 5.75. The van der Waals surface area contributed by atoms with Crippen molar-refractivity contribution in [3.8, 4) is 5.75 Å². The number of ether oxygens (including phenoxy) is 1. The van der Waals surface area contributed by atoms with Crippen LogP contribution in [-0.2, 0) is 4.79 Å². The van der Waals surface area contributed by atoms with Crippen LogP contribution in [0.3, 0.4) is 0 Å². The van der Waals surface area contributed by atoms with Crippen LogP contribution in [0, 0.1) is 6.92 Å². The van der Waals surface area contributed by atoms with Gasteiger partial charge >= 0.3 is 0 Å². The molecule has 1 N–H and O–H groups in total. The minimum absolute atomic E-state index is 0.321. The number of hydrogen-bond acceptors (Lipinski definition) is 4. The van der Waals surface area contributed by atoms with Crippen LogP contribution in [-0.4, -0.2) is 35.8 Å². The number of carbonyl (C=O) groups excluding carboxylic acids is 3. The number of aryl methyl sites for hydroxylation is 1. The second kappa shape index (κ2) is 6.76. The molecule has 25 heavy (non-hydrogen) atoms. The highest BCUT2D eigenvalue weighted by Crippen LogP contribution is 2.24. The van der Waals surface area contributed by atoms with Crippen molar-refractivity contribution in [1.29, 1.82) is 0 Å². The molecular weight excluding hydrogens is 320 g/mol. The fraction of sp³-hybridized carbons (Fsp3) is 0.211. The molecular formula is C19H18N2O4. The van der Waals surface area contributed by atoms with E-state index in [1.165, 1.54) is 0 Å². The lowest BCUT2D eigenvalue weighted by atomic mass is 10.1. The van der Waals surface area contributed by atoms with Crippen LogP contribution in [0.2, 0.25) is 0 Å². The number of nitrogens with zero attached hydrogens (tertiary/aromatic N) is 1. The lowest BCUT2D eigenvalue weighted by molar-refractivity contribution is -0.116. The van der Waals surface area contributed by atoms with Crippen molar-refractivity contribution in [2.24, 2.45) is 0 Å². The lowest BCUT2D eigenvalue weighted by Crippen LogP contribution is -2.37. The predicted octanol–water partition coefficient (Wildman–Crippen LogP) is 2.63. The molecule has 0 saturated heterocycles. The van der Waals surface area contributed by atoms with E-state index in [0.29, 0.717) is 29.2 Å². The third-order valence-electron chi connectivity index (χ3n) is 3.88. The summed E-state index contributed by atoms with van der Waals surface area (Å²) in [5, 5.41) is 2.68. The average Bonchev–Trinajstić information content (AvgIpc) is 2.81. The first-order valence-corrected chi connectivity index (χ1v) is 7.99. The molecule has 0 fully saturated rings. The Morgan fingerprint density at radius 2 is 1.72 bits per heavy atom. The predicted molar refractivity (Wildman–Crippen MR) is 92.8 cm³/mol. The molecule has 0 atom stereocenters. The van der Waals surface area contributed by atoms with Gasteiger partial charge in [0.1, 0.15) is 12.3 Å². The third-order valence-corrected chi connectivity index (χ3v) is 3.88. The van der Waals surface area contributed by atoms with Crippen molar-refractivity contribution < 1.29 is 19.1 Å². The van der Waals surface area contributed by atoms with Gasteiger partial charge in [-0.2, -0.15) is 0 Å².